The zero-order valence-corrected chi connectivity index (χ0v) is 24.8. The van der Waals surface area contributed by atoms with Crippen molar-refractivity contribution in [3.63, 3.8) is 0 Å². The summed E-state index contributed by atoms with van der Waals surface area (Å²) < 4.78 is 46.3. The van der Waals surface area contributed by atoms with Crippen molar-refractivity contribution in [3.8, 4) is 5.75 Å². The predicted molar refractivity (Wildman–Crippen MR) is 165 cm³/mol. The van der Waals surface area contributed by atoms with Crippen LogP contribution < -0.4 is 21.5 Å². The third-order valence-corrected chi connectivity index (χ3v) is 6.92. The minimum Gasteiger partial charge on any atom is -0.508 e. The third-order valence-electron chi connectivity index (χ3n) is 6.92. The van der Waals surface area contributed by atoms with E-state index < -0.39 is 42.1 Å². The van der Waals surface area contributed by atoms with Gasteiger partial charge in [0, 0.05) is 17.7 Å². The lowest BCUT2D eigenvalue weighted by atomic mass is 10.0. The summed E-state index contributed by atoms with van der Waals surface area (Å²) in [5, 5.41) is 12.2. The number of esters is 1. The number of fused-ring (bicyclic) bond motifs is 1. The number of nitrogens with zero attached hydrogens (tertiary/aromatic N) is 4. The topological polar surface area (TPSA) is 193 Å². The van der Waals surface area contributed by atoms with Gasteiger partial charge in [0.25, 0.3) is 11.5 Å². The van der Waals surface area contributed by atoms with E-state index in [2.05, 4.69) is 25.3 Å². The van der Waals surface area contributed by atoms with Crippen molar-refractivity contribution in [1.29, 1.82) is 0 Å². The highest BCUT2D eigenvalue weighted by Crippen LogP contribution is 2.26. The fourth-order valence-corrected chi connectivity index (χ4v) is 4.57. The standard InChI is InChI=1S/C32H26F3N7O6/c33-32(34,35)30(47)42(16-21-15-37-26-25(38-21)28(45)41-31(36)40-26)22-10-8-20(9-11-22)27(44)39-24(14-18-6-12-23(43)13-7-18)29(46)48-17-19-4-2-1-3-5-19/h1-13,15,24,43H,14,16-17H2,(H,39,44)(H3,36,37,40,41,45)/t24-/m0/s1. The molecule has 5 N–H and O–H groups in total. The molecule has 2 heterocycles. The summed E-state index contributed by atoms with van der Waals surface area (Å²) in [5.41, 5.74) is 5.15. The maximum Gasteiger partial charge on any atom is 0.471 e. The van der Waals surface area contributed by atoms with Crippen molar-refractivity contribution >= 4 is 40.6 Å². The number of hydrogen-bond donors (Lipinski definition) is 4. The molecule has 246 valence electrons. The van der Waals surface area contributed by atoms with Gasteiger partial charge in [-0.1, -0.05) is 42.5 Å². The minimum absolute atomic E-state index is 0.00330. The number of carbonyl (C=O) groups is 3. The van der Waals surface area contributed by atoms with Gasteiger partial charge in [-0.05, 0) is 47.5 Å². The first-order chi connectivity index (χ1) is 22.9. The van der Waals surface area contributed by atoms with E-state index in [1.54, 1.807) is 42.5 Å². The van der Waals surface area contributed by atoms with E-state index in [4.69, 9.17) is 10.5 Å². The number of carbonyl (C=O) groups excluding carboxylic acids is 3. The van der Waals surface area contributed by atoms with Gasteiger partial charge in [0.2, 0.25) is 5.95 Å². The van der Waals surface area contributed by atoms with Crippen LogP contribution in [0.5, 0.6) is 5.75 Å². The first-order valence-corrected chi connectivity index (χ1v) is 14.2. The third kappa shape index (κ3) is 8.09. The van der Waals surface area contributed by atoms with Crippen LogP contribution in [-0.4, -0.2) is 55.0 Å². The van der Waals surface area contributed by atoms with Crippen molar-refractivity contribution in [2.75, 3.05) is 10.6 Å². The van der Waals surface area contributed by atoms with E-state index in [1.165, 1.54) is 24.3 Å². The molecule has 0 fully saturated rings. The van der Waals surface area contributed by atoms with Gasteiger partial charge in [0.05, 0.1) is 18.4 Å². The van der Waals surface area contributed by atoms with Gasteiger partial charge in [-0.2, -0.15) is 18.2 Å². The number of aromatic amines is 1. The quantitative estimate of drug-likeness (QED) is 0.162. The van der Waals surface area contributed by atoms with Crippen LogP contribution in [0.2, 0.25) is 0 Å². The molecule has 0 aliphatic rings. The lowest BCUT2D eigenvalue weighted by Crippen LogP contribution is -2.43. The monoisotopic (exact) mass is 661 g/mol. The van der Waals surface area contributed by atoms with Crippen molar-refractivity contribution in [3.05, 3.63) is 118 Å². The van der Waals surface area contributed by atoms with Crippen LogP contribution in [-0.2, 0) is 33.9 Å². The van der Waals surface area contributed by atoms with Crippen LogP contribution >= 0.6 is 0 Å². The molecular formula is C32H26F3N7O6. The van der Waals surface area contributed by atoms with Crippen LogP contribution in [0.1, 0.15) is 27.2 Å². The van der Waals surface area contributed by atoms with Gasteiger partial charge >= 0.3 is 18.1 Å². The zero-order valence-electron chi connectivity index (χ0n) is 24.8. The fourth-order valence-electron chi connectivity index (χ4n) is 4.57. The number of halogens is 3. The fraction of sp³-hybridized carbons (Fsp3) is 0.156. The molecule has 48 heavy (non-hydrogen) atoms. The van der Waals surface area contributed by atoms with E-state index in [0.29, 0.717) is 10.5 Å². The van der Waals surface area contributed by atoms with Gasteiger partial charge < -0.3 is 20.9 Å². The van der Waals surface area contributed by atoms with Crippen LogP contribution in [0.4, 0.5) is 24.8 Å². The van der Waals surface area contributed by atoms with Crippen molar-refractivity contribution in [2.24, 2.45) is 0 Å². The molecule has 0 saturated carbocycles. The Morgan fingerprint density at radius 2 is 1.65 bits per heavy atom. The lowest BCUT2D eigenvalue weighted by molar-refractivity contribution is -0.170. The molecule has 5 aromatic rings. The molecule has 3 aromatic carbocycles. The highest BCUT2D eigenvalue weighted by atomic mass is 19.4. The number of phenols is 1. The summed E-state index contributed by atoms with van der Waals surface area (Å²) in [7, 11) is 0. The smallest absolute Gasteiger partial charge is 0.471 e. The number of alkyl halides is 3. The molecule has 0 unspecified atom stereocenters. The second kappa shape index (κ2) is 14.0. The molecule has 16 heteroatoms. The average molecular weight is 662 g/mol. The van der Waals surface area contributed by atoms with Gasteiger partial charge in [-0.25, -0.2) is 14.8 Å². The Labute approximate surface area is 269 Å². The van der Waals surface area contributed by atoms with Gasteiger partial charge in [0.1, 0.15) is 18.4 Å². The van der Waals surface area contributed by atoms with Crippen molar-refractivity contribution < 1.29 is 37.4 Å². The summed E-state index contributed by atoms with van der Waals surface area (Å²) in [5.74, 6) is -3.95. The molecule has 5 rings (SSSR count). The summed E-state index contributed by atoms with van der Waals surface area (Å²) in [4.78, 5) is 65.3. The Kier molecular flexibility index (Phi) is 9.63. The minimum atomic E-state index is -5.28. The normalized spacial score (nSPS) is 11.9. The highest BCUT2D eigenvalue weighted by molar-refractivity contribution is 5.99. The van der Waals surface area contributed by atoms with E-state index in [9.17, 15) is 37.5 Å². The molecule has 0 saturated heterocycles. The number of phenolic OH excluding ortho intramolecular Hbond substituents is 1. The number of aromatic nitrogens is 4. The van der Waals surface area contributed by atoms with Crippen LogP contribution in [0.15, 0.2) is 89.9 Å². The SMILES string of the molecule is Nc1nc2ncc(CN(C(=O)C(F)(F)F)c3ccc(C(=O)N[C@@H](Cc4ccc(O)cc4)C(=O)OCc4ccccc4)cc3)nc2c(=O)[nH]1. The largest absolute Gasteiger partial charge is 0.508 e. The Bertz CT molecular complexity index is 2000. The lowest BCUT2D eigenvalue weighted by Gasteiger charge is -2.24. The van der Waals surface area contributed by atoms with E-state index >= 15 is 0 Å². The second-order valence-corrected chi connectivity index (χ2v) is 10.4. The van der Waals surface area contributed by atoms with Gasteiger partial charge in [-0.3, -0.25) is 24.3 Å². The summed E-state index contributed by atoms with van der Waals surface area (Å²) in [6, 6.07) is 18.3. The number of benzene rings is 3. The summed E-state index contributed by atoms with van der Waals surface area (Å²) in [6.45, 7) is -0.793. The maximum absolute atomic E-state index is 13.6. The number of hydrogen-bond acceptors (Lipinski definition) is 10. The molecule has 0 aliphatic heterocycles. The van der Waals surface area contributed by atoms with Crippen LogP contribution in [0, 0.1) is 0 Å². The van der Waals surface area contributed by atoms with E-state index in [1.807, 2.05) is 0 Å². The molecule has 0 radical (unpaired) electrons. The average Bonchev–Trinajstić information content (AvgIpc) is 3.06. The molecule has 1 atom stereocenters. The van der Waals surface area contributed by atoms with Crippen molar-refractivity contribution in [1.82, 2.24) is 25.3 Å². The first kappa shape index (κ1) is 33.1. The molecule has 0 bridgehead atoms. The first-order valence-electron chi connectivity index (χ1n) is 14.2. The molecule has 13 nitrogen and oxygen atoms in total. The van der Waals surface area contributed by atoms with Crippen LogP contribution in [0.25, 0.3) is 11.2 Å². The Hall–Kier alpha value is -6.32. The zero-order chi connectivity index (χ0) is 34.4. The van der Waals surface area contributed by atoms with Crippen molar-refractivity contribution in [2.45, 2.75) is 31.8 Å². The number of anilines is 2. The number of rotatable bonds is 10. The number of nitrogens with two attached hydrogens (primary N) is 1. The van der Waals surface area contributed by atoms with E-state index in [0.717, 1.165) is 23.9 Å². The molecule has 2 amide bonds. The molecular weight excluding hydrogens is 635 g/mol. The maximum atomic E-state index is 13.6. The number of aromatic hydroxyl groups is 1. The summed E-state index contributed by atoms with van der Waals surface area (Å²) in [6.07, 6.45) is -4.23. The molecule has 2 aromatic heterocycles. The molecule has 0 aliphatic carbocycles. The Morgan fingerprint density at radius 3 is 2.31 bits per heavy atom. The highest BCUT2D eigenvalue weighted by Gasteiger charge is 2.43. The van der Waals surface area contributed by atoms with Gasteiger partial charge in [-0.15, -0.1) is 0 Å². The number of amides is 2. The van der Waals surface area contributed by atoms with E-state index in [-0.39, 0.29) is 52.8 Å². The predicted octanol–water partition coefficient (Wildman–Crippen LogP) is 3.18. The summed E-state index contributed by atoms with van der Waals surface area (Å²) >= 11 is 0. The Balaban J connectivity index is 1.36. The molecule has 0 spiro atoms. The second-order valence-electron chi connectivity index (χ2n) is 10.4. The number of nitrogen functional groups attached to an aromatic ring is 1. The number of nitrogens with one attached hydrogen (secondary N) is 2. The Morgan fingerprint density at radius 1 is 0.958 bits per heavy atom. The number of H-pyrrole nitrogens is 1. The van der Waals surface area contributed by atoms with Crippen LogP contribution in [0.3, 0.4) is 0 Å². The number of ether oxygens (including phenoxy) is 1. The van der Waals surface area contributed by atoms with Gasteiger partial charge in [0.15, 0.2) is 11.2 Å².